The van der Waals surface area contributed by atoms with Gasteiger partial charge in [-0.05, 0) is 11.6 Å². The molecule has 0 atom stereocenters. The van der Waals surface area contributed by atoms with E-state index in [4.69, 9.17) is 5.11 Å². The Morgan fingerprint density at radius 1 is 1.27 bits per heavy atom. The van der Waals surface area contributed by atoms with Gasteiger partial charge in [-0.2, -0.15) is 13.2 Å². The van der Waals surface area contributed by atoms with Gasteiger partial charge < -0.3 is 5.11 Å². The van der Waals surface area contributed by atoms with Crippen LogP contribution in [0.2, 0.25) is 0 Å². The molecular weight excluding hydrogens is 207 g/mol. The fourth-order valence-electron chi connectivity index (χ4n) is 1.30. The molecule has 0 fully saturated rings. The summed E-state index contributed by atoms with van der Waals surface area (Å²) in [6.07, 6.45) is -2.36. The van der Waals surface area contributed by atoms with Crippen molar-refractivity contribution in [3.05, 3.63) is 29.6 Å². The molecule has 5 heteroatoms. The van der Waals surface area contributed by atoms with Gasteiger partial charge in [0.2, 0.25) is 0 Å². The predicted molar refractivity (Wildman–Crippen MR) is 49.4 cm³/mol. The van der Waals surface area contributed by atoms with Crippen LogP contribution in [0.25, 0.3) is 0 Å². The number of aliphatic hydroxyl groups is 1. The molecule has 84 valence electrons. The third-order valence-corrected chi connectivity index (χ3v) is 2.25. The number of hydrogen-bond donors (Lipinski definition) is 1. The van der Waals surface area contributed by atoms with Gasteiger partial charge in [0.05, 0.1) is 12.2 Å². The Bertz CT molecular complexity index is 347. The average Bonchev–Trinajstić information content (AvgIpc) is 2.16. The highest BCUT2D eigenvalue weighted by Crippen LogP contribution is 2.36. The third kappa shape index (κ3) is 2.47. The molecule has 0 bridgehead atoms. The summed E-state index contributed by atoms with van der Waals surface area (Å²) < 4.78 is 37.8. The average molecular weight is 219 g/mol. The first kappa shape index (κ1) is 12.0. The van der Waals surface area contributed by atoms with Crippen LogP contribution in [-0.2, 0) is 11.6 Å². The molecule has 0 aliphatic rings. The van der Waals surface area contributed by atoms with E-state index in [0.29, 0.717) is 0 Å². The van der Waals surface area contributed by atoms with Crippen molar-refractivity contribution in [2.24, 2.45) is 0 Å². The summed E-state index contributed by atoms with van der Waals surface area (Å²) in [5.41, 5.74) is -1.65. The number of hydrogen-bond acceptors (Lipinski definition) is 2. The predicted octanol–water partition coefficient (Wildman–Crippen LogP) is 2.37. The number of aliphatic hydroxyl groups excluding tert-OH is 1. The SMILES string of the molecule is CC(C)(CO)c1ccncc1C(F)(F)F. The summed E-state index contributed by atoms with van der Waals surface area (Å²) in [6, 6.07) is 1.29. The topological polar surface area (TPSA) is 33.1 Å². The quantitative estimate of drug-likeness (QED) is 0.828. The number of rotatable bonds is 2. The van der Waals surface area contributed by atoms with Crippen LogP contribution in [-0.4, -0.2) is 16.7 Å². The highest BCUT2D eigenvalue weighted by molar-refractivity contribution is 5.32. The molecule has 0 amide bonds. The Balaban J connectivity index is 3.31. The summed E-state index contributed by atoms with van der Waals surface area (Å²) in [7, 11) is 0. The summed E-state index contributed by atoms with van der Waals surface area (Å²) in [5, 5.41) is 9.05. The van der Waals surface area contributed by atoms with Crippen LogP contribution < -0.4 is 0 Å². The molecule has 0 aliphatic heterocycles. The molecule has 1 N–H and O–H groups in total. The first-order valence-electron chi connectivity index (χ1n) is 4.41. The van der Waals surface area contributed by atoms with Gasteiger partial charge in [-0.25, -0.2) is 0 Å². The van der Waals surface area contributed by atoms with Gasteiger partial charge in [-0.15, -0.1) is 0 Å². The Morgan fingerprint density at radius 3 is 2.33 bits per heavy atom. The summed E-state index contributed by atoms with van der Waals surface area (Å²) in [5.74, 6) is 0. The molecule has 1 rings (SSSR count). The Hall–Kier alpha value is -1.10. The lowest BCUT2D eigenvalue weighted by molar-refractivity contribution is -0.139. The Labute approximate surface area is 85.8 Å². The van der Waals surface area contributed by atoms with Crippen LogP contribution in [0.1, 0.15) is 25.0 Å². The highest BCUT2D eigenvalue weighted by Gasteiger charge is 2.37. The summed E-state index contributed by atoms with van der Waals surface area (Å²) >= 11 is 0. The van der Waals surface area contributed by atoms with Gasteiger partial charge in [0, 0.05) is 17.8 Å². The Morgan fingerprint density at radius 2 is 1.87 bits per heavy atom. The summed E-state index contributed by atoms with van der Waals surface area (Å²) in [6.45, 7) is 2.76. The highest BCUT2D eigenvalue weighted by atomic mass is 19.4. The molecule has 0 radical (unpaired) electrons. The smallest absolute Gasteiger partial charge is 0.395 e. The molecule has 0 spiro atoms. The second kappa shape index (κ2) is 3.81. The van der Waals surface area contributed by atoms with Gasteiger partial charge in [0.1, 0.15) is 0 Å². The molecule has 15 heavy (non-hydrogen) atoms. The van der Waals surface area contributed by atoms with Crippen molar-refractivity contribution in [1.82, 2.24) is 4.98 Å². The molecule has 0 unspecified atom stereocenters. The van der Waals surface area contributed by atoms with E-state index in [1.165, 1.54) is 12.3 Å². The first-order valence-corrected chi connectivity index (χ1v) is 4.41. The number of alkyl halides is 3. The van der Waals surface area contributed by atoms with Crippen molar-refractivity contribution < 1.29 is 18.3 Å². The minimum absolute atomic E-state index is 0.0625. The molecule has 1 heterocycles. The van der Waals surface area contributed by atoms with E-state index < -0.39 is 17.2 Å². The van der Waals surface area contributed by atoms with Crippen LogP contribution in [0, 0.1) is 0 Å². The number of pyridine rings is 1. The zero-order chi connectivity index (χ0) is 11.7. The van der Waals surface area contributed by atoms with E-state index in [2.05, 4.69) is 4.98 Å². The van der Waals surface area contributed by atoms with E-state index >= 15 is 0 Å². The van der Waals surface area contributed by atoms with Crippen molar-refractivity contribution in [3.8, 4) is 0 Å². The maximum atomic E-state index is 12.6. The molecule has 0 aliphatic carbocycles. The minimum Gasteiger partial charge on any atom is -0.395 e. The standard InChI is InChI=1S/C10H12F3NO/c1-9(2,6-15)7-3-4-14-5-8(7)10(11,12)13/h3-5,15H,6H2,1-2H3. The maximum absolute atomic E-state index is 12.6. The molecule has 2 nitrogen and oxygen atoms in total. The van der Waals surface area contributed by atoms with E-state index in [9.17, 15) is 13.2 Å². The zero-order valence-electron chi connectivity index (χ0n) is 8.47. The van der Waals surface area contributed by atoms with Crippen molar-refractivity contribution in [1.29, 1.82) is 0 Å². The van der Waals surface area contributed by atoms with E-state index in [-0.39, 0.29) is 12.2 Å². The number of nitrogens with zero attached hydrogens (tertiary/aromatic N) is 1. The van der Waals surface area contributed by atoms with Gasteiger partial charge in [-0.1, -0.05) is 13.8 Å². The van der Waals surface area contributed by atoms with Crippen molar-refractivity contribution in [2.45, 2.75) is 25.4 Å². The molecule has 1 aromatic rings. The first-order chi connectivity index (χ1) is 6.79. The van der Waals surface area contributed by atoms with Crippen LogP contribution in [0.5, 0.6) is 0 Å². The molecule has 0 saturated carbocycles. The monoisotopic (exact) mass is 219 g/mol. The second-order valence-electron chi connectivity index (χ2n) is 3.96. The van der Waals surface area contributed by atoms with Crippen LogP contribution in [0.15, 0.2) is 18.5 Å². The maximum Gasteiger partial charge on any atom is 0.418 e. The minimum atomic E-state index is -4.43. The largest absolute Gasteiger partial charge is 0.418 e. The fourth-order valence-corrected chi connectivity index (χ4v) is 1.30. The van der Waals surface area contributed by atoms with Crippen LogP contribution in [0.4, 0.5) is 13.2 Å². The van der Waals surface area contributed by atoms with Gasteiger partial charge in [-0.3, -0.25) is 4.98 Å². The van der Waals surface area contributed by atoms with Crippen molar-refractivity contribution >= 4 is 0 Å². The Kier molecular flexibility index (Phi) is 3.04. The molecule has 1 aromatic heterocycles. The summed E-state index contributed by atoms with van der Waals surface area (Å²) in [4.78, 5) is 3.46. The van der Waals surface area contributed by atoms with E-state index in [1.807, 2.05) is 0 Å². The van der Waals surface area contributed by atoms with E-state index in [1.54, 1.807) is 13.8 Å². The van der Waals surface area contributed by atoms with Gasteiger partial charge in [0.15, 0.2) is 0 Å². The lowest BCUT2D eigenvalue weighted by Gasteiger charge is -2.25. The van der Waals surface area contributed by atoms with Crippen molar-refractivity contribution in [3.63, 3.8) is 0 Å². The van der Waals surface area contributed by atoms with Gasteiger partial charge >= 0.3 is 6.18 Å². The number of aromatic nitrogens is 1. The van der Waals surface area contributed by atoms with Gasteiger partial charge in [0.25, 0.3) is 0 Å². The lowest BCUT2D eigenvalue weighted by atomic mass is 9.83. The van der Waals surface area contributed by atoms with Crippen molar-refractivity contribution in [2.75, 3.05) is 6.61 Å². The van der Waals surface area contributed by atoms with Crippen LogP contribution >= 0.6 is 0 Å². The third-order valence-electron chi connectivity index (χ3n) is 2.25. The molecule has 0 aromatic carbocycles. The zero-order valence-corrected chi connectivity index (χ0v) is 8.47. The van der Waals surface area contributed by atoms with E-state index in [0.717, 1.165) is 6.20 Å². The molecular formula is C10H12F3NO. The lowest BCUT2D eigenvalue weighted by Crippen LogP contribution is -2.26. The normalized spacial score (nSPS) is 12.9. The second-order valence-corrected chi connectivity index (χ2v) is 3.96. The fraction of sp³-hybridized carbons (Fsp3) is 0.500. The number of halogens is 3. The van der Waals surface area contributed by atoms with Crippen LogP contribution in [0.3, 0.4) is 0 Å². The molecule has 0 saturated heterocycles.